The molecule has 3 heterocycles. The first-order valence-corrected chi connectivity index (χ1v) is 9.80. The number of hydrogen-bond acceptors (Lipinski definition) is 7. The molecule has 0 radical (unpaired) electrons. The van der Waals surface area contributed by atoms with Crippen LogP contribution < -0.4 is 14.8 Å². The van der Waals surface area contributed by atoms with Gasteiger partial charge in [0.2, 0.25) is 5.91 Å². The van der Waals surface area contributed by atoms with E-state index >= 15 is 0 Å². The van der Waals surface area contributed by atoms with Gasteiger partial charge in [0, 0.05) is 0 Å². The van der Waals surface area contributed by atoms with Crippen LogP contribution in [0, 0.1) is 5.92 Å². The first-order chi connectivity index (χ1) is 13.7. The van der Waals surface area contributed by atoms with Gasteiger partial charge in [-0.2, -0.15) is 0 Å². The molecule has 0 aliphatic carbocycles. The minimum absolute atomic E-state index is 0.0940. The maximum atomic E-state index is 12.3. The highest BCUT2D eigenvalue weighted by Crippen LogP contribution is 2.30. The maximum absolute atomic E-state index is 12.3. The van der Waals surface area contributed by atoms with Crippen molar-refractivity contribution in [1.82, 2.24) is 30.4 Å². The molecule has 1 unspecified atom stereocenters. The Bertz CT molecular complexity index is 802. The van der Waals surface area contributed by atoms with E-state index in [9.17, 15) is 4.79 Å². The van der Waals surface area contributed by atoms with E-state index in [1.165, 1.54) is 12.8 Å². The van der Waals surface area contributed by atoms with Crippen molar-refractivity contribution in [3.63, 3.8) is 0 Å². The molecule has 9 heteroatoms. The Morgan fingerprint density at radius 3 is 2.86 bits per heavy atom. The van der Waals surface area contributed by atoms with Crippen LogP contribution in [0.25, 0.3) is 0 Å². The van der Waals surface area contributed by atoms with E-state index in [1.807, 2.05) is 24.3 Å². The van der Waals surface area contributed by atoms with Crippen LogP contribution in [0.3, 0.4) is 0 Å². The summed E-state index contributed by atoms with van der Waals surface area (Å²) in [6, 6.07) is 7.52. The molecule has 1 aromatic heterocycles. The number of piperidine rings is 1. The summed E-state index contributed by atoms with van der Waals surface area (Å²) >= 11 is 0. The number of amides is 1. The van der Waals surface area contributed by atoms with Crippen LogP contribution in [0.15, 0.2) is 24.3 Å². The highest BCUT2D eigenvalue weighted by atomic mass is 16.6. The fourth-order valence-electron chi connectivity index (χ4n) is 3.46. The topological polar surface area (TPSA) is 94.4 Å². The second-order valence-corrected chi connectivity index (χ2v) is 7.51. The van der Waals surface area contributed by atoms with Gasteiger partial charge in [-0.1, -0.05) is 19.1 Å². The van der Waals surface area contributed by atoms with Crippen molar-refractivity contribution in [1.29, 1.82) is 0 Å². The zero-order valence-corrected chi connectivity index (χ0v) is 16.1. The van der Waals surface area contributed by atoms with Gasteiger partial charge in [-0.3, -0.25) is 9.69 Å². The number of hydrogen-bond donors (Lipinski definition) is 1. The molecule has 2 aliphatic heterocycles. The van der Waals surface area contributed by atoms with E-state index in [4.69, 9.17) is 9.47 Å². The van der Waals surface area contributed by atoms with Gasteiger partial charge in [0.1, 0.15) is 19.3 Å². The van der Waals surface area contributed by atoms with Crippen LogP contribution in [-0.2, 0) is 17.9 Å². The average molecular weight is 386 g/mol. The van der Waals surface area contributed by atoms with Gasteiger partial charge >= 0.3 is 0 Å². The summed E-state index contributed by atoms with van der Waals surface area (Å²) in [4.78, 5) is 14.7. The summed E-state index contributed by atoms with van der Waals surface area (Å²) in [5, 5.41) is 14.7. The minimum Gasteiger partial charge on any atom is -0.486 e. The summed E-state index contributed by atoms with van der Waals surface area (Å²) in [7, 11) is 0. The van der Waals surface area contributed by atoms with Crippen molar-refractivity contribution in [3.05, 3.63) is 30.1 Å². The van der Waals surface area contributed by atoms with E-state index < -0.39 is 0 Å². The molecule has 28 heavy (non-hydrogen) atoms. The van der Waals surface area contributed by atoms with Gasteiger partial charge in [-0.15, -0.1) is 5.10 Å². The van der Waals surface area contributed by atoms with Gasteiger partial charge in [-0.25, -0.2) is 4.68 Å². The Morgan fingerprint density at radius 1 is 1.25 bits per heavy atom. The lowest BCUT2D eigenvalue weighted by molar-refractivity contribution is -0.122. The zero-order valence-electron chi connectivity index (χ0n) is 16.1. The number of carbonyl (C=O) groups is 1. The number of nitrogens with one attached hydrogen (secondary N) is 1. The third kappa shape index (κ3) is 4.59. The molecule has 0 bridgehead atoms. The number of nitrogens with zero attached hydrogens (tertiary/aromatic N) is 5. The van der Waals surface area contributed by atoms with Crippen LogP contribution in [0.4, 0.5) is 0 Å². The maximum Gasteiger partial charge on any atom is 0.242 e. The Balaban J connectivity index is 1.25. The van der Waals surface area contributed by atoms with Crippen LogP contribution >= 0.6 is 0 Å². The number of tetrazole rings is 1. The van der Waals surface area contributed by atoms with Crippen molar-refractivity contribution in [3.8, 4) is 11.5 Å². The van der Waals surface area contributed by atoms with Gasteiger partial charge < -0.3 is 14.8 Å². The number of carbonyl (C=O) groups excluding carboxylic acids is 1. The fourth-order valence-corrected chi connectivity index (χ4v) is 3.46. The average Bonchev–Trinajstić information content (AvgIpc) is 3.14. The predicted octanol–water partition coefficient (Wildman–Crippen LogP) is 0.861. The third-order valence-corrected chi connectivity index (χ3v) is 5.24. The molecule has 1 N–H and O–H groups in total. The predicted molar refractivity (Wildman–Crippen MR) is 101 cm³/mol. The molecule has 150 valence electrons. The van der Waals surface area contributed by atoms with Crippen molar-refractivity contribution >= 4 is 5.91 Å². The third-order valence-electron chi connectivity index (χ3n) is 5.24. The van der Waals surface area contributed by atoms with E-state index in [2.05, 4.69) is 32.7 Å². The summed E-state index contributed by atoms with van der Waals surface area (Å²) in [5.74, 6) is 2.78. The number of para-hydroxylation sites is 2. The second kappa shape index (κ2) is 8.55. The number of benzene rings is 1. The van der Waals surface area contributed by atoms with Crippen molar-refractivity contribution < 1.29 is 14.3 Å². The van der Waals surface area contributed by atoms with Gasteiger partial charge in [0.25, 0.3) is 0 Å². The molecule has 4 rings (SSSR count). The fraction of sp³-hybridized carbons (Fsp3) is 0.579. The van der Waals surface area contributed by atoms with Crippen molar-refractivity contribution in [2.75, 3.05) is 26.2 Å². The Kier molecular flexibility index (Phi) is 5.70. The normalized spacial score (nSPS) is 20.1. The molecule has 1 aromatic carbocycles. The molecule has 1 fully saturated rings. The summed E-state index contributed by atoms with van der Waals surface area (Å²) in [5.41, 5.74) is 0. The quantitative estimate of drug-likeness (QED) is 0.787. The SMILES string of the molecule is CC1CCN(Cc2nnnn2CC(=O)NCC2COc3ccccc3O2)CC1. The lowest BCUT2D eigenvalue weighted by Crippen LogP contribution is -2.42. The molecule has 1 saturated heterocycles. The molecule has 1 amide bonds. The van der Waals surface area contributed by atoms with Gasteiger partial charge in [0.15, 0.2) is 17.3 Å². The number of fused-ring (bicyclic) bond motifs is 1. The highest BCUT2D eigenvalue weighted by molar-refractivity contribution is 5.75. The van der Waals surface area contributed by atoms with Crippen molar-refractivity contribution in [2.45, 2.75) is 39.0 Å². The summed E-state index contributed by atoms with van der Waals surface area (Å²) in [6.07, 6.45) is 2.16. The minimum atomic E-state index is -0.220. The molecule has 2 aliphatic rings. The van der Waals surface area contributed by atoms with E-state index in [0.29, 0.717) is 25.4 Å². The number of aromatic nitrogens is 4. The monoisotopic (exact) mass is 386 g/mol. The standard InChI is InChI=1S/C19H26N6O3/c1-14-6-8-24(9-7-14)11-18-21-22-23-25(18)12-19(26)20-10-15-13-27-16-4-2-3-5-17(16)28-15/h2-5,14-15H,6-13H2,1H3,(H,20,26). The molecule has 2 aromatic rings. The Labute approximate surface area is 164 Å². The molecule has 1 atom stereocenters. The largest absolute Gasteiger partial charge is 0.486 e. The Morgan fingerprint density at radius 2 is 2.04 bits per heavy atom. The van der Waals surface area contributed by atoms with Crippen LogP contribution in [-0.4, -0.2) is 63.4 Å². The summed E-state index contributed by atoms with van der Waals surface area (Å²) in [6.45, 7) is 5.91. The second-order valence-electron chi connectivity index (χ2n) is 7.51. The molecule has 0 saturated carbocycles. The molecule has 0 spiro atoms. The lowest BCUT2D eigenvalue weighted by Gasteiger charge is -2.29. The molecular weight excluding hydrogens is 360 g/mol. The van der Waals surface area contributed by atoms with Crippen LogP contribution in [0.1, 0.15) is 25.6 Å². The van der Waals surface area contributed by atoms with E-state index in [1.54, 1.807) is 4.68 Å². The first-order valence-electron chi connectivity index (χ1n) is 9.80. The van der Waals surface area contributed by atoms with Crippen LogP contribution in [0.5, 0.6) is 11.5 Å². The summed E-state index contributed by atoms with van der Waals surface area (Å²) < 4.78 is 13.1. The number of ether oxygens (including phenoxy) is 2. The van der Waals surface area contributed by atoms with Crippen LogP contribution in [0.2, 0.25) is 0 Å². The van der Waals surface area contributed by atoms with E-state index in [0.717, 1.165) is 30.6 Å². The highest BCUT2D eigenvalue weighted by Gasteiger charge is 2.22. The number of rotatable bonds is 6. The smallest absolute Gasteiger partial charge is 0.242 e. The number of likely N-dealkylation sites (tertiary alicyclic amines) is 1. The van der Waals surface area contributed by atoms with Gasteiger partial charge in [-0.05, 0) is 54.4 Å². The van der Waals surface area contributed by atoms with E-state index in [-0.39, 0.29) is 18.6 Å². The van der Waals surface area contributed by atoms with Gasteiger partial charge in [0.05, 0.1) is 13.1 Å². The molecular formula is C19H26N6O3. The Hall–Kier alpha value is -2.68. The lowest BCUT2D eigenvalue weighted by atomic mass is 9.99. The first kappa shape index (κ1) is 18.7. The molecule has 9 nitrogen and oxygen atoms in total. The zero-order chi connectivity index (χ0) is 19.3. The van der Waals surface area contributed by atoms with Crippen molar-refractivity contribution in [2.24, 2.45) is 5.92 Å².